The van der Waals surface area contributed by atoms with Gasteiger partial charge in [0.2, 0.25) is 5.82 Å². The van der Waals surface area contributed by atoms with Crippen LogP contribution in [0.4, 0.5) is 4.39 Å². The third kappa shape index (κ3) is 3.55. The van der Waals surface area contributed by atoms with E-state index in [-0.39, 0.29) is 23.8 Å². The number of likely N-dealkylation sites (tertiary alicyclic amines) is 1. The summed E-state index contributed by atoms with van der Waals surface area (Å²) in [6.07, 6.45) is 3.34. The van der Waals surface area contributed by atoms with Gasteiger partial charge < -0.3 is 9.64 Å². The molecule has 3 aromatic rings. The van der Waals surface area contributed by atoms with Gasteiger partial charge in [0, 0.05) is 17.9 Å². The predicted octanol–water partition coefficient (Wildman–Crippen LogP) is 1.35. The number of rotatable bonds is 3. The molecule has 10 heteroatoms. The van der Waals surface area contributed by atoms with E-state index in [1.165, 1.54) is 0 Å². The lowest BCUT2D eigenvalue weighted by atomic mass is 10.1. The van der Waals surface area contributed by atoms with Gasteiger partial charge >= 0.3 is 6.01 Å². The number of aromatic nitrogens is 6. The Bertz CT molecular complexity index is 989. The van der Waals surface area contributed by atoms with Gasteiger partial charge in [-0.05, 0) is 32.8 Å². The normalized spacial score (nSPS) is 17.3. The van der Waals surface area contributed by atoms with Crippen molar-refractivity contribution >= 4 is 11.7 Å². The Morgan fingerprint density at radius 3 is 2.81 bits per heavy atom. The lowest BCUT2D eigenvalue weighted by molar-refractivity contribution is 0.0505. The third-order valence-electron chi connectivity index (χ3n) is 4.34. The summed E-state index contributed by atoms with van der Waals surface area (Å²) in [5.41, 5.74) is 1.68. The number of hydrogen-bond acceptors (Lipinski definition) is 7. The summed E-state index contributed by atoms with van der Waals surface area (Å²) in [4.78, 5) is 30.7. The summed E-state index contributed by atoms with van der Waals surface area (Å²) in [7, 11) is 0. The van der Waals surface area contributed by atoms with Gasteiger partial charge in [-0.15, -0.1) is 5.10 Å². The molecule has 1 aliphatic rings. The second kappa shape index (κ2) is 6.86. The molecule has 0 aliphatic carbocycles. The highest BCUT2D eigenvalue weighted by atomic mass is 19.1. The molecule has 0 unspecified atom stereocenters. The first-order chi connectivity index (χ1) is 13.0. The lowest BCUT2D eigenvalue weighted by Crippen LogP contribution is -2.44. The Morgan fingerprint density at radius 1 is 1.26 bits per heavy atom. The number of fused-ring (bicyclic) bond motifs is 1. The van der Waals surface area contributed by atoms with Crippen molar-refractivity contribution in [2.45, 2.75) is 32.8 Å². The molecule has 1 saturated heterocycles. The average molecular weight is 371 g/mol. The Kier molecular flexibility index (Phi) is 4.38. The van der Waals surface area contributed by atoms with Crippen molar-refractivity contribution in [3.8, 4) is 6.01 Å². The molecule has 0 radical (unpaired) electrons. The minimum Gasteiger partial charge on any atom is -0.458 e. The van der Waals surface area contributed by atoms with E-state index in [4.69, 9.17) is 4.74 Å². The van der Waals surface area contributed by atoms with Crippen molar-refractivity contribution in [3.63, 3.8) is 0 Å². The summed E-state index contributed by atoms with van der Waals surface area (Å²) in [5, 5.41) is 4.29. The number of aryl methyl sites for hydroxylation is 2. The minimum atomic E-state index is -0.528. The first-order valence-electron chi connectivity index (χ1n) is 8.64. The highest BCUT2D eigenvalue weighted by Crippen LogP contribution is 2.17. The molecule has 1 fully saturated rings. The number of carbonyl (C=O) groups excluding carboxylic acids is 1. The van der Waals surface area contributed by atoms with Crippen LogP contribution in [-0.4, -0.2) is 59.6 Å². The molecule has 0 saturated carbocycles. The maximum Gasteiger partial charge on any atom is 0.316 e. The van der Waals surface area contributed by atoms with Crippen molar-refractivity contribution in [3.05, 3.63) is 41.5 Å². The Balaban J connectivity index is 1.50. The van der Waals surface area contributed by atoms with Crippen LogP contribution < -0.4 is 4.74 Å². The quantitative estimate of drug-likeness (QED) is 0.685. The highest BCUT2D eigenvalue weighted by Gasteiger charge is 2.28. The van der Waals surface area contributed by atoms with E-state index >= 15 is 0 Å². The molecule has 140 valence electrons. The van der Waals surface area contributed by atoms with Gasteiger partial charge in [-0.2, -0.15) is 4.98 Å². The molecule has 27 heavy (non-hydrogen) atoms. The van der Waals surface area contributed by atoms with Crippen LogP contribution in [0.15, 0.2) is 18.5 Å². The van der Waals surface area contributed by atoms with Gasteiger partial charge in [-0.1, -0.05) is 0 Å². The van der Waals surface area contributed by atoms with Crippen LogP contribution in [0.1, 0.15) is 34.8 Å². The molecule has 4 rings (SSSR count). The van der Waals surface area contributed by atoms with Gasteiger partial charge in [-0.25, -0.2) is 23.9 Å². The number of hydrogen-bond donors (Lipinski definition) is 0. The fourth-order valence-electron chi connectivity index (χ4n) is 3.13. The molecule has 0 aromatic carbocycles. The number of piperidine rings is 1. The fourth-order valence-corrected chi connectivity index (χ4v) is 3.13. The fraction of sp³-hybridized carbons (Fsp3) is 0.412. The van der Waals surface area contributed by atoms with E-state index in [0.29, 0.717) is 18.9 Å². The van der Waals surface area contributed by atoms with Gasteiger partial charge in [0.15, 0.2) is 5.82 Å². The number of nitrogens with zero attached hydrogens (tertiary/aromatic N) is 7. The molecule has 0 bridgehead atoms. The average Bonchev–Trinajstić information content (AvgIpc) is 3.07. The molecule has 9 nitrogen and oxygen atoms in total. The summed E-state index contributed by atoms with van der Waals surface area (Å²) >= 11 is 0. The standard InChI is InChI=1S/C17H18FN7O2/c1-10-6-11(2)25-16(21-10)22-14(23-25)15(26)24-5-3-4-13(9-24)27-17-19-7-12(18)8-20-17/h6-8,13H,3-5,9H2,1-2H3/t13-/m0/s1. The van der Waals surface area contributed by atoms with Crippen molar-refractivity contribution < 1.29 is 13.9 Å². The third-order valence-corrected chi connectivity index (χ3v) is 4.34. The van der Waals surface area contributed by atoms with E-state index < -0.39 is 5.82 Å². The zero-order valence-electron chi connectivity index (χ0n) is 15.0. The van der Waals surface area contributed by atoms with Crippen LogP contribution in [0.25, 0.3) is 5.78 Å². The first kappa shape index (κ1) is 17.3. The molecule has 1 atom stereocenters. The molecular formula is C17H18FN7O2. The maximum atomic E-state index is 12.9. The number of ether oxygens (including phenoxy) is 1. The zero-order valence-corrected chi connectivity index (χ0v) is 15.0. The van der Waals surface area contributed by atoms with Crippen molar-refractivity contribution in [1.82, 2.24) is 34.4 Å². The van der Waals surface area contributed by atoms with Crippen LogP contribution >= 0.6 is 0 Å². The lowest BCUT2D eigenvalue weighted by Gasteiger charge is -2.31. The van der Waals surface area contributed by atoms with Crippen molar-refractivity contribution in [2.75, 3.05) is 13.1 Å². The van der Waals surface area contributed by atoms with Gasteiger partial charge in [0.1, 0.15) is 6.10 Å². The molecule has 0 spiro atoms. The molecular weight excluding hydrogens is 353 g/mol. The van der Waals surface area contributed by atoms with Gasteiger partial charge in [0.25, 0.3) is 11.7 Å². The van der Waals surface area contributed by atoms with E-state index in [1.54, 1.807) is 9.42 Å². The van der Waals surface area contributed by atoms with E-state index in [0.717, 1.165) is 36.6 Å². The molecule has 1 aliphatic heterocycles. The highest BCUT2D eigenvalue weighted by molar-refractivity contribution is 5.91. The second-order valence-electron chi connectivity index (χ2n) is 6.50. The van der Waals surface area contributed by atoms with E-state index in [1.807, 2.05) is 19.9 Å². The van der Waals surface area contributed by atoms with Crippen LogP contribution in [0.5, 0.6) is 6.01 Å². The molecule has 4 heterocycles. The largest absolute Gasteiger partial charge is 0.458 e. The monoisotopic (exact) mass is 371 g/mol. The van der Waals surface area contributed by atoms with Crippen LogP contribution in [0, 0.1) is 19.7 Å². The first-order valence-corrected chi connectivity index (χ1v) is 8.64. The van der Waals surface area contributed by atoms with Crippen molar-refractivity contribution in [1.29, 1.82) is 0 Å². The number of amides is 1. The molecule has 1 amide bonds. The zero-order chi connectivity index (χ0) is 19.0. The predicted molar refractivity (Wildman–Crippen MR) is 91.8 cm³/mol. The summed E-state index contributed by atoms with van der Waals surface area (Å²) in [6, 6.07) is 1.97. The summed E-state index contributed by atoms with van der Waals surface area (Å²) < 4.78 is 20.1. The van der Waals surface area contributed by atoms with E-state index in [9.17, 15) is 9.18 Å². The topological polar surface area (TPSA) is 98.4 Å². The number of carbonyl (C=O) groups is 1. The summed E-state index contributed by atoms with van der Waals surface area (Å²) in [5.74, 6) is -0.291. The minimum absolute atomic E-state index is 0.0943. The molecule has 0 N–H and O–H groups in total. The SMILES string of the molecule is Cc1cc(C)n2nc(C(=O)N3CCC[C@H](Oc4ncc(F)cn4)C3)nc2n1. The summed E-state index contributed by atoms with van der Waals surface area (Å²) in [6.45, 7) is 4.70. The maximum absolute atomic E-state index is 12.9. The van der Waals surface area contributed by atoms with E-state index in [2.05, 4.69) is 25.0 Å². The Labute approximate surface area is 154 Å². The number of halogens is 1. The Morgan fingerprint density at radius 2 is 2.04 bits per heavy atom. The van der Waals surface area contributed by atoms with Crippen LogP contribution in [-0.2, 0) is 0 Å². The smallest absolute Gasteiger partial charge is 0.316 e. The molecule has 3 aromatic heterocycles. The Hall–Kier alpha value is -3.17. The van der Waals surface area contributed by atoms with Gasteiger partial charge in [0.05, 0.1) is 18.9 Å². The van der Waals surface area contributed by atoms with Crippen molar-refractivity contribution in [2.24, 2.45) is 0 Å². The van der Waals surface area contributed by atoms with Crippen LogP contribution in [0.3, 0.4) is 0 Å². The van der Waals surface area contributed by atoms with Crippen LogP contribution in [0.2, 0.25) is 0 Å². The van der Waals surface area contributed by atoms with Gasteiger partial charge in [-0.3, -0.25) is 4.79 Å². The second-order valence-corrected chi connectivity index (χ2v) is 6.50.